The Hall–Kier alpha value is -1.55. The fourth-order valence-electron chi connectivity index (χ4n) is 1.08. The van der Waals surface area contributed by atoms with E-state index in [2.05, 4.69) is 15.4 Å². The van der Waals surface area contributed by atoms with Gasteiger partial charge in [-0.2, -0.15) is 35.7 Å². The summed E-state index contributed by atoms with van der Waals surface area (Å²) in [5.74, 6) is -14.0. The van der Waals surface area contributed by atoms with Gasteiger partial charge in [-0.15, -0.1) is 5.10 Å². The Morgan fingerprint density at radius 1 is 1.06 bits per heavy atom. The Labute approximate surface area is 95.8 Å². The van der Waals surface area contributed by atoms with Gasteiger partial charge in [-0.3, -0.25) is 0 Å². The minimum Gasteiger partial charge on any atom is -0.356 e. The lowest BCUT2D eigenvalue weighted by Crippen LogP contribution is -2.51. The third-order valence-electron chi connectivity index (χ3n) is 2.02. The zero-order chi connectivity index (χ0) is 14.4. The minimum absolute atomic E-state index is 0.158. The Balaban J connectivity index is 3.32. The minimum atomic E-state index is -6.40. The summed E-state index contributed by atoms with van der Waals surface area (Å²) in [5.41, 5.74) is 0. The molecule has 1 aromatic rings. The Morgan fingerprint density at radius 3 is 1.89 bits per heavy atom. The van der Waals surface area contributed by atoms with Crippen LogP contribution in [-0.4, -0.2) is 33.9 Å². The van der Waals surface area contributed by atoms with Gasteiger partial charge in [0.15, 0.2) is 0 Å². The van der Waals surface area contributed by atoms with Crippen LogP contribution in [0, 0.1) is 0 Å². The highest BCUT2D eigenvalue weighted by Gasteiger charge is 2.75. The molecule has 1 N–H and O–H groups in total. The lowest BCUT2D eigenvalue weighted by atomic mass is 10.1. The van der Waals surface area contributed by atoms with Gasteiger partial charge >= 0.3 is 18.0 Å². The number of rotatable bonds is 3. The molecule has 0 aromatic carbocycles. The van der Waals surface area contributed by atoms with Crippen molar-refractivity contribution in [3.63, 3.8) is 0 Å². The first kappa shape index (κ1) is 14.5. The molecule has 0 amide bonds. The topological polar surface area (TPSA) is 42.7 Å². The van der Waals surface area contributed by atoms with Crippen LogP contribution >= 0.6 is 0 Å². The van der Waals surface area contributed by atoms with E-state index in [0.29, 0.717) is 0 Å². The van der Waals surface area contributed by atoms with E-state index >= 15 is 0 Å². The second kappa shape index (κ2) is 3.99. The maximum atomic E-state index is 13.2. The van der Waals surface area contributed by atoms with E-state index in [0.717, 1.165) is 7.05 Å². The van der Waals surface area contributed by atoms with Crippen LogP contribution in [0.15, 0.2) is 0 Å². The molecule has 1 rings (SSSR count). The molecular formula is C7H7F7N4. The van der Waals surface area contributed by atoms with Crippen LogP contribution in [0.5, 0.6) is 0 Å². The summed E-state index contributed by atoms with van der Waals surface area (Å²) >= 11 is 0. The van der Waals surface area contributed by atoms with E-state index in [4.69, 9.17) is 0 Å². The average molecular weight is 280 g/mol. The number of nitrogens with zero attached hydrogens (tertiary/aromatic N) is 3. The fourth-order valence-corrected chi connectivity index (χ4v) is 1.08. The molecule has 11 heteroatoms. The van der Waals surface area contributed by atoms with Crippen molar-refractivity contribution < 1.29 is 30.7 Å². The molecule has 1 aromatic heterocycles. The maximum Gasteiger partial charge on any atom is 0.460 e. The highest BCUT2D eigenvalue weighted by atomic mass is 19.4. The first-order valence-electron chi connectivity index (χ1n) is 4.36. The SMILES string of the molecule is CNc1nc(C(F)(F)C(F)(F)C(F)(F)F)n(C)n1. The summed E-state index contributed by atoms with van der Waals surface area (Å²) in [4.78, 5) is 2.89. The van der Waals surface area contributed by atoms with E-state index < -0.39 is 29.8 Å². The molecule has 1 heterocycles. The van der Waals surface area contributed by atoms with E-state index in [9.17, 15) is 30.7 Å². The van der Waals surface area contributed by atoms with Crippen LogP contribution in [0.2, 0.25) is 0 Å². The summed E-state index contributed by atoms with van der Waals surface area (Å²) in [7, 11) is 1.97. The van der Waals surface area contributed by atoms with Gasteiger partial charge < -0.3 is 5.32 Å². The van der Waals surface area contributed by atoms with Crippen LogP contribution < -0.4 is 5.32 Å². The van der Waals surface area contributed by atoms with E-state index in [1.807, 2.05) is 0 Å². The summed E-state index contributed by atoms with van der Waals surface area (Å²) in [6.07, 6.45) is -6.40. The van der Waals surface area contributed by atoms with Crippen molar-refractivity contribution in [2.45, 2.75) is 18.0 Å². The van der Waals surface area contributed by atoms with Crippen molar-refractivity contribution in [1.29, 1.82) is 0 Å². The average Bonchev–Trinajstić information content (AvgIpc) is 2.58. The maximum absolute atomic E-state index is 13.2. The van der Waals surface area contributed by atoms with Crippen molar-refractivity contribution in [2.75, 3.05) is 12.4 Å². The molecule has 0 spiro atoms. The predicted molar refractivity (Wildman–Crippen MR) is 45.4 cm³/mol. The molecule has 0 aliphatic heterocycles. The van der Waals surface area contributed by atoms with Crippen molar-refractivity contribution in [3.8, 4) is 0 Å². The quantitative estimate of drug-likeness (QED) is 0.863. The first-order valence-corrected chi connectivity index (χ1v) is 4.36. The van der Waals surface area contributed by atoms with Gasteiger partial charge in [0.25, 0.3) is 0 Å². The van der Waals surface area contributed by atoms with Gasteiger partial charge in [0.05, 0.1) is 0 Å². The summed E-state index contributed by atoms with van der Waals surface area (Å²) < 4.78 is 87.8. The monoisotopic (exact) mass is 280 g/mol. The second-order valence-electron chi connectivity index (χ2n) is 3.28. The van der Waals surface area contributed by atoms with Crippen molar-refractivity contribution in [1.82, 2.24) is 14.8 Å². The number of aromatic nitrogens is 3. The number of nitrogens with one attached hydrogen (secondary N) is 1. The smallest absolute Gasteiger partial charge is 0.356 e. The molecule has 0 aliphatic carbocycles. The normalized spacial score (nSPS) is 13.8. The summed E-state index contributed by atoms with van der Waals surface area (Å²) in [6.45, 7) is 0. The number of alkyl halides is 7. The lowest BCUT2D eigenvalue weighted by Gasteiger charge is -2.26. The summed E-state index contributed by atoms with van der Waals surface area (Å²) in [5, 5.41) is 5.35. The molecule has 4 nitrogen and oxygen atoms in total. The highest BCUT2D eigenvalue weighted by molar-refractivity contribution is 5.24. The van der Waals surface area contributed by atoms with Crippen molar-refractivity contribution >= 4 is 5.95 Å². The molecular weight excluding hydrogens is 273 g/mol. The molecule has 104 valence electrons. The van der Waals surface area contributed by atoms with Gasteiger partial charge in [-0.25, -0.2) is 4.68 Å². The Kier molecular flexibility index (Phi) is 3.21. The number of aryl methyl sites for hydroxylation is 1. The number of halogens is 7. The fraction of sp³-hybridized carbons (Fsp3) is 0.714. The van der Waals surface area contributed by atoms with Gasteiger partial charge in [0.1, 0.15) is 0 Å². The Bertz CT molecular complexity index is 435. The molecule has 0 saturated carbocycles. The van der Waals surface area contributed by atoms with Crippen LogP contribution in [0.4, 0.5) is 36.7 Å². The molecule has 18 heavy (non-hydrogen) atoms. The van der Waals surface area contributed by atoms with Crippen LogP contribution in [0.1, 0.15) is 5.82 Å². The number of hydrogen-bond acceptors (Lipinski definition) is 3. The predicted octanol–water partition coefficient (Wildman–Crippen LogP) is 2.15. The van der Waals surface area contributed by atoms with Gasteiger partial charge in [0.2, 0.25) is 11.8 Å². The molecule has 0 atom stereocenters. The lowest BCUT2D eigenvalue weighted by molar-refractivity contribution is -0.361. The van der Waals surface area contributed by atoms with E-state index in [1.165, 1.54) is 7.05 Å². The summed E-state index contributed by atoms with van der Waals surface area (Å²) in [6, 6.07) is 0. The zero-order valence-electron chi connectivity index (χ0n) is 8.99. The van der Waals surface area contributed by atoms with Gasteiger partial charge in [-0.05, 0) is 0 Å². The van der Waals surface area contributed by atoms with E-state index in [1.54, 1.807) is 0 Å². The largest absolute Gasteiger partial charge is 0.460 e. The molecule has 0 unspecified atom stereocenters. The molecule has 0 bridgehead atoms. The van der Waals surface area contributed by atoms with Crippen LogP contribution in [0.25, 0.3) is 0 Å². The zero-order valence-corrected chi connectivity index (χ0v) is 8.99. The second-order valence-corrected chi connectivity index (χ2v) is 3.28. The van der Waals surface area contributed by atoms with Crippen molar-refractivity contribution in [3.05, 3.63) is 5.82 Å². The Morgan fingerprint density at radius 2 is 1.56 bits per heavy atom. The molecule has 0 aliphatic rings. The van der Waals surface area contributed by atoms with Crippen LogP contribution in [-0.2, 0) is 13.0 Å². The number of hydrogen-bond donors (Lipinski definition) is 1. The first-order chi connectivity index (χ1) is 7.95. The standard InChI is InChI=1S/C7H7F7N4/c1-15-4-16-3(18(2)17-4)5(8,9)6(10,11)7(12,13)14/h1-2H3,(H,15,17). The molecule has 0 saturated heterocycles. The third kappa shape index (κ3) is 1.97. The van der Waals surface area contributed by atoms with Crippen LogP contribution in [0.3, 0.4) is 0 Å². The molecule has 0 radical (unpaired) electrons. The number of anilines is 1. The van der Waals surface area contributed by atoms with Gasteiger partial charge in [0, 0.05) is 14.1 Å². The van der Waals surface area contributed by atoms with E-state index in [-0.39, 0.29) is 4.68 Å². The molecule has 0 fully saturated rings. The highest BCUT2D eigenvalue weighted by Crippen LogP contribution is 2.51. The van der Waals surface area contributed by atoms with Crippen molar-refractivity contribution in [2.24, 2.45) is 7.05 Å². The third-order valence-corrected chi connectivity index (χ3v) is 2.02. The van der Waals surface area contributed by atoms with Gasteiger partial charge in [-0.1, -0.05) is 0 Å².